The summed E-state index contributed by atoms with van der Waals surface area (Å²) in [4.78, 5) is 23.6. The average Bonchev–Trinajstić information content (AvgIpc) is 2.54. The fraction of sp³-hybridized carbons (Fsp3) is 0.412. The van der Waals surface area contributed by atoms with Gasteiger partial charge in [-0.15, -0.1) is 0 Å². The van der Waals surface area contributed by atoms with Crippen molar-refractivity contribution in [3.63, 3.8) is 0 Å². The fourth-order valence-corrected chi connectivity index (χ4v) is 2.65. The van der Waals surface area contributed by atoms with Gasteiger partial charge in [0, 0.05) is 29.5 Å². The standard InChI is InChI=1S/C17H21BrN2O2/c18-15-8-6-14(7-9-15)17(22)19-11-10-16(21)20-12-13-4-2-1-3-5-13/h1-2,6-9,13H,3-5,10-12H2,(H,19,22)(H,20,21). The van der Waals surface area contributed by atoms with E-state index >= 15 is 0 Å². The van der Waals surface area contributed by atoms with Crippen LogP contribution in [0.15, 0.2) is 40.9 Å². The van der Waals surface area contributed by atoms with Gasteiger partial charge < -0.3 is 10.6 Å². The minimum atomic E-state index is -0.155. The smallest absolute Gasteiger partial charge is 0.251 e. The van der Waals surface area contributed by atoms with Gasteiger partial charge in [0.2, 0.25) is 5.91 Å². The number of carbonyl (C=O) groups is 2. The van der Waals surface area contributed by atoms with Crippen LogP contribution in [0, 0.1) is 5.92 Å². The molecule has 0 heterocycles. The molecule has 0 fully saturated rings. The molecule has 22 heavy (non-hydrogen) atoms. The molecule has 4 nitrogen and oxygen atoms in total. The molecule has 1 aromatic carbocycles. The molecule has 2 amide bonds. The first-order valence-electron chi connectivity index (χ1n) is 7.60. The van der Waals surface area contributed by atoms with Crippen molar-refractivity contribution in [1.82, 2.24) is 10.6 Å². The third-order valence-electron chi connectivity index (χ3n) is 3.71. The van der Waals surface area contributed by atoms with Crippen LogP contribution in [-0.4, -0.2) is 24.9 Å². The molecule has 1 atom stereocenters. The molecule has 0 bridgehead atoms. The minimum absolute atomic E-state index is 0.00865. The van der Waals surface area contributed by atoms with Gasteiger partial charge in [0.1, 0.15) is 0 Å². The monoisotopic (exact) mass is 364 g/mol. The maximum Gasteiger partial charge on any atom is 0.251 e. The van der Waals surface area contributed by atoms with Crippen LogP contribution < -0.4 is 10.6 Å². The lowest BCUT2D eigenvalue weighted by Gasteiger charge is -2.18. The fourth-order valence-electron chi connectivity index (χ4n) is 2.38. The van der Waals surface area contributed by atoms with Gasteiger partial charge in [-0.1, -0.05) is 28.1 Å². The highest BCUT2D eigenvalue weighted by atomic mass is 79.9. The van der Waals surface area contributed by atoms with Crippen LogP contribution in [0.1, 0.15) is 36.0 Å². The average molecular weight is 365 g/mol. The summed E-state index contributed by atoms with van der Waals surface area (Å²) in [5.74, 6) is 0.384. The molecule has 0 aliphatic heterocycles. The van der Waals surface area contributed by atoms with E-state index in [2.05, 4.69) is 38.7 Å². The number of nitrogens with one attached hydrogen (secondary N) is 2. The third-order valence-corrected chi connectivity index (χ3v) is 4.24. The van der Waals surface area contributed by atoms with E-state index in [0.29, 0.717) is 24.4 Å². The molecular formula is C17H21BrN2O2. The Morgan fingerprint density at radius 1 is 1.14 bits per heavy atom. The first-order chi connectivity index (χ1) is 10.6. The van der Waals surface area contributed by atoms with Crippen molar-refractivity contribution >= 4 is 27.7 Å². The molecular weight excluding hydrogens is 344 g/mol. The highest BCUT2D eigenvalue weighted by molar-refractivity contribution is 9.10. The number of allylic oxidation sites excluding steroid dienone is 2. The van der Waals surface area contributed by atoms with E-state index in [-0.39, 0.29) is 11.8 Å². The van der Waals surface area contributed by atoms with E-state index in [1.165, 1.54) is 0 Å². The molecule has 0 saturated heterocycles. The highest BCUT2D eigenvalue weighted by Crippen LogP contribution is 2.16. The van der Waals surface area contributed by atoms with Gasteiger partial charge in [-0.3, -0.25) is 9.59 Å². The van der Waals surface area contributed by atoms with E-state index in [1.807, 2.05) is 12.1 Å². The molecule has 118 valence electrons. The Hall–Kier alpha value is -1.62. The van der Waals surface area contributed by atoms with Gasteiger partial charge in [-0.05, 0) is 49.4 Å². The second kappa shape index (κ2) is 8.73. The van der Waals surface area contributed by atoms with Crippen molar-refractivity contribution in [3.8, 4) is 0 Å². The van der Waals surface area contributed by atoms with Crippen molar-refractivity contribution in [2.75, 3.05) is 13.1 Å². The van der Waals surface area contributed by atoms with Crippen LogP contribution in [0.4, 0.5) is 0 Å². The summed E-state index contributed by atoms with van der Waals surface area (Å²) in [7, 11) is 0. The zero-order valence-corrected chi connectivity index (χ0v) is 14.1. The Kier molecular flexibility index (Phi) is 6.65. The molecule has 1 aliphatic carbocycles. The Bertz CT molecular complexity index is 540. The first kappa shape index (κ1) is 16.7. The SMILES string of the molecule is O=C(CCNC(=O)c1ccc(Br)cc1)NCC1CC=CCC1. The normalized spacial score (nSPS) is 17.0. The van der Waals surface area contributed by atoms with Crippen LogP contribution >= 0.6 is 15.9 Å². The lowest BCUT2D eigenvalue weighted by atomic mass is 9.94. The Balaban J connectivity index is 1.63. The predicted molar refractivity (Wildman–Crippen MR) is 90.6 cm³/mol. The number of hydrogen-bond acceptors (Lipinski definition) is 2. The summed E-state index contributed by atoms with van der Waals surface area (Å²) < 4.78 is 0.931. The highest BCUT2D eigenvalue weighted by Gasteiger charge is 2.11. The Morgan fingerprint density at radius 3 is 2.59 bits per heavy atom. The van der Waals surface area contributed by atoms with E-state index < -0.39 is 0 Å². The summed E-state index contributed by atoms with van der Waals surface area (Å²) in [5.41, 5.74) is 0.595. The van der Waals surface area contributed by atoms with Gasteiger partial charge in [0.05, 0.1) is 0 Å². The number of carbonyl (C=O) groups excluding carboxylic acids is 2. The van der Waals surface area contributed by atoms with E-state index in [0.717, 1.165) is 30.3 Å². The molecule has 0 spiro atoms. The maximum absolute atomic E-state index is 11.9. The topological polar surface area (TPSA) is 58.2 Å². The Morgan fingerprint density at radius 2 is 1.91 bits per heavy atom. The van der Waals surface area contributed by atoms with Gasteiger partial charge in [-0.25, -0.2) is 0 Å². The maximum atomic E-state index is 11.9. The molecule has 0 radical (unpaired) electrons. The van der Waals surface area contributed by atoms with Crippen molar-refractivity contribution in [2.24, 2.45) is 5.92 Å². The molecule has 2 N–H and O–H groups in total. The van der Waals surface area contributed by atoms with E-state index in [4.69, 9.17) is 0 Å². The van der Waals surface area contributed by atoms with Crippen molar-refractivity contribution in [2.45, 2.75) is 25.7 Å². The summed E-state index contributed by atoms with van der Waals surface area (Å²) in [5, 5.41) is 5.70. The lowest BCUT2D eigenvalue weighted by Crippen LogP contribution is -2.33. The van der Waals surface area contributed by atoms with E-state index in [1.54, 1.807) is 12.1 Å². The number of rotatable bonds is 6. The summed E-state index contributed by atoms with van der Waals surface area (Å²) in [6, 6.07) is 7.13. The molecule has 1 aliphatic rings. The second-order valence-electron chi connectivity index (χ2n) is 5.47. The summed E-state index contributed by atoms with van der Waals surface area (Å²) in [6.45, 7) is 1.08. The zero-order chi connectivity index (χ0) is 15.8. The summed E-state index contributed by atoms with van der Waals surface area (Å²) in [6.07, 6.45) is 7.96. The van der Waals surface area contributed by atoms with Gasteiger partial charge >= 0.3 is 0 Å². The van der Waals surface area contributed by atoms with Gasteiger partial charge in [0.15, 0.2) is 0 Å². The number of benzene rings is 1. The first-order valence-corrected chi connectivity index (χ1v) is 8.40. The predicted octanol–water partition coefficient (Wildman–Crippen LogP) is 3.04. The molecule has 0 saturated carbocycles. The van der Waals surface area contributed by atoms with Crippen LogP contribution in [-0.2, 0) is 4.79 Å². The quantitative estimate of drug-likeness (QED) is 0.762. The summed E-state index contributed by atoms with van der Waals surface area (Å²) >= 11 is 3.33. The molecule has 5 heteroatoms. The van der Waals surface area contributed by atoms with Crippen molar-refractivity contribution in [1.29, 1.82) is 0 Å². The zero-order valence-electron chi connectivity index (χ0n) is 12.5. The van der Waals surface area contributed by atoms with Crippen LogP contribution in [0.3, 0.4) is 0 Å². The van der Waals surface area contributed by atoms with Crippen LogP contribution in [0.25, 0.3) is 0 Å². The van der Waals surface area contributed by atoms with Crippen LogP contribution in [0.2, 0.25) is 0 Å². The minimum Gasteiger partial charge on any atom is -0.356 e. The molecule has 1 unspecified atom stereocenters. The van der Waals surface area contributed by atoms with E-state index in [9.17, 15) is 9.59 Å². The third kappa shape index (κ3) is 5.64. The molecule has 1 aromatic rings. The molecule has 0 aromatic heterocycles. The number of amides is 2. The second-order valence-corrected chi connectivity index (χ2v) is 6.38. The van der Waals surface area contributed by atoms with Gasteiger partial charge in [0.25, 0.3) is 5.91 Å². The Labute approximate surface area is 139 Å². The largest absolute Gasteiger partial charge is 0.356 e. The van der Waals surface area contributed by atoms with Crippen molar-refractivity contribution in [3.05, 3.63) is 46.5 Å². The number of halogens is 1. The van der Waals surface area contributed by atoms with Crippen molar-refractivity contribution < 1.29 is 9.59 Å². The number of hydrogen-bond donors (Lipinski definition) is 2. The lowest BCUT2D eigenvalue weighted by molar-refractivity contribution is -0.121. The van der Waals surface area contributed by atoms with Crippen LogP contribution in [0.5, 0.6) is 0 Å². The molecule has 2 rings (SSSR count). The van der Waals surface area contributed by atoms with Gasteiger partial charge in [-0.2, -0.15) is 0 Å².